The molecule has 0 amide bonds. The van der Waals surface area contributed by atoms with Crippen molar-refractivity contribution in [2.45, 2.75) is 0 Å². The maximum Gasteiger partial charge on any atom is 0.294 e. The van der Waals surface area contributed by atoms with Crippen molar-refractivity contribution in [2.24, 2.45) is 4.66 Å². The smallest absolute Gasteiger partial charge is 0.294 e. The van der Waals surface area contributed by atoms with E-state index in [0.29, 0.717) is 0 Å². The van der Waals surface area contributed by atoms with Gasteiger partial charge in [-0.3, -0.25) is 0 Å². The van der Waals surface area contributed by atoms with Crippen LogP contribution < -0.4 is 14.7 Å². The molecule has 21 aromatic rings. The fraction of sp³-hybridized carbons (Fsp3) is 0. The third-order valence-electron chi connectivity index (χ3n) is 22.2. The summed E-state index contributed by atoms with van der Waals surface area (Å²) in [5.41, 5.74) is 22.1. The van der Waals surface area contributed by atoms with E-state index in [4.69, 9.17) is 13.1 Å². The Balaban J connectivity index is 0.000000132. The van der Waals surface area contributed by atoms with Gasteiger partial charge in [-0.2, -0.15) is 21.0 Å². The predicted molar refractivity (Wildman–Crippen MR) is 522 cm³/mol. The quantitative estimate of drug-likeness (QED) is 0.0430. The number of rotatable bonds is 14. The van der Waals surface area contributed by atoms with Gasteiger partial charge in [-0.15, -0.1) is 9.97 Å². The van der Waals surface area contributed by atoms with Gasteiger partial charge < -0.3 is 33.6 Å². The Kier molecular flexibility index (Phi) is 23.5. The Morgan fingerprint density at radius 1 is 0.264 bits per heavy atom. The van der Waals surface area contributed by atoms with Gasteiger partial charge in [0, 0.05) is 67.0 Å². The van der Waals surface area contributed by atoms with Gasteiger partial charge >= 0.3 is 0 Å². The fourth-order valence-corrected chi connectivity index (χ4v) is 16.3. The van der Waals surface area contributed by atoms with Crippen molar-refractivity contribution in [3.8, 4) is 74.5 Å². The van der Waals surface area contributed by atoms with Crippen molar-refractivity contribution >= 4 is 156 Å². The van der Waals surface area contributed by atoms with Crippen LogP contribution >= 0.6 is 9.03 Å². The summed E-state index contributed by atoms with van der Waals surface area (Å²) in [6.07, 6.45) is 0. The lowest BCUT2D eigenvalue weighted by atomic mass is 10.0. The topological polar surface area (TPSA) is 208 Å². The van der Waals surface area contributed by atoms with Crippen molar-refractivity contribution in [3.63, 3.8) is 0 Å². The molecule has 0 saturated carbocycles. The minimum Gasteiger partial charge on any atom is -0.370 e. The summed E-state index contributed by atoms with van der Waals surface area (Å²) in [4.78, 5) is 38.1. The van der Waals surface area contributed by atoms with E-state index in [2.05, 4.69) is 481 Å². The van der Waals surface area contributed by atoms with Crippen molar-refractivity contribution in [1.29, 1.82) is 21.0 Å². The number of hydrogen-bond acceptors (Lipinski definition) is 14. The van der Waals surface area contributed by atoms with E-state index >= 15 is 0 Å². The molecule has 19 heteroatoms. The Morgan fingerprint density at radius 2 is 0.496 bits per heavy atom. The molecule has 0 saturated heterocycles. The molecule has 0 atom stereocenters. The highest BCUT2D eigenvalue weighted by Gasteiger charge is 2.28. The number of nitrogens with zero attached hydrogens (tertiary/aromatic N) is 17. The second-order valence-corrected chi connectivity index (χ2v) is 29.9. The van der Waals surface area contributed by atoms with Gasteiger partial charge in [0.1, 0.15) is 46.3 Å². The molecule has 0 spiro atoms. The summed E-state index contributed by atoms with van der Waals surface area (Å²) in [6.45, 7) is 14.5. The van der Waals surface area contributed by atoms with E-state index < -0.39 is 0 Å². The summed E-state index contributed by atoms with van der Waals surface area (Å²) in [6, 6.07) is 150. The maximum atomic E-state index is 9.29. The third kappa shape index (κ3) is 16.5. The first kappa shape index (κ1) is 81.6. The number of nitriles is 4. The van der Waals surface area contributed by atoms with Crippen LogP contribution in [0.5, 0.6) is 0 Å². The number of aromatic nitrogens is 7. The first-order chi connectivity index (χ1) is 63.6. The summed E-state index contributed by atoms with van der Waals surface area (Å²) >= 11 is 0. The van der Waals surface area contributed by atoms with Crippen molar-refractivity contribution in [1.82, 2.24) is 34.5 Å². The number of hydrogen-bond donors (Lipinski definition) is 0. The highest BCUT2D eigenvalue weighted by molar-refractivity contribution is 7.05. The second kappa shape index (κ2) is 37.1. The first-order valence-electron chi connectivity index (χ1n) is 41.0. The fourth-order valence-electron chi connectivity index (χ4n) is 16.3. The van der Waals surface area contributed by atoms with Crippen molar-refractivity contribution in [3.05, 3.63) is 446 Å². The molecule has 17 nitrogen and oxygen atoms in total. The number of para-hydroxylation sites is 4. The van der Waals surface area contributed by atoms with Crippen LogP contribution in [0.25, 0.3) is 136 Å². The van der Waals surface area contributed by atoms with Crippen LogP contribution in [0.3, 0.4) is 0 Å². The molecule has 0 aliphatic heterocycles. The van der Waals surface area contributed by atoms with Crippen LogP contribution in [0.1, 0.15) is 22.8 Å². The summed E-state index contributed by atoms with van der Waals surface area (Å²) < 4.78 is 5.17. The Bertz CT molecular complexity index is 7400. The summed E-state index contributed by atoms with van der Waals surface area (Å²) in [7, 11) is 6.97. The zero-order chi connectivity index (χ0) is 88.1. The molecule has 21 rings (SSSR count). The van der Waals surface area contributed by atoms with Crippen LogP contribution in [0.4, 0.5) is 62.8 Å². The zero-order valence-electron chi connectivity index (χ0n) is 68.8. The number of anilines is 9. The molecule has 0 bridgehead atoms. The van der Waals surface area contributed by atoms with Crippen LogP contribution in [-0.4, -0.2) is 42.5 Å². The molecule has 600 valence electrons. The van der Waals surface area contributed by atoms with Gasteiger partial charge in [-0.05, 0) is 186 Å². The van der Waals surface area contributed by atoms with Crippen LogP contribution in [-0.2, 0) is 0 Å². The van der Waals surface area contributed by atoms with Crippen LogP contribution in [0.15, 0.2) is 405 Å². The average Bonchev–Trinajstić information content (AvgIpc) is 1.42. The Morgan fingerprint density at radius 3 is 0.798 bits per heavy atom. The van der Waals surface area contributed by atoms with Gasteiger partial charge in [0.05, 0.1) is 22.4 Å². The monoisotopic (exact) mass is 1670 g/mol. The highest BCUT2D eigenvalue weighted by atomic mass is 31.0. The largest absolute Gasteiger partial charge is 0.370 e. The van der Waals surface area contributed by atoms with E-state index in [-0.39, 0.29) is 67.5 Å². The summed E-state index contributed by atoms with van der Waals surface area (Å²) in [5.74, 6) is -0.602. The normalized spacial score (nSPS) is 10.7. The predicted octanol–water partition coefficient (Wildman–Crippen LogP) is 28.4. The van der Waals surface area contributed by atoms with E-state index in [9.17, 15) is 21.0 Å². The molecule has 0 unspecified atom stereocenters. The molecular formula is C110H67BN17P. The molecule has 0 aliphatic carbocycles. The van der Waals surface area contributed by atoms with E-state index in [1.807, 2.05) is 0 Å². The van der Waals surface area contributed by atoms with E-state index in [1.54, 1.807) is 24.3 Å². The molecule has 0 N–H and O–H groups in total. The van der Waals surface area contributed by atoms with E-state index in [0.717, 1.165) is 56.9 Å². The molecule has 2 radical (unpaired) electrons. The van der Waals surface area contributed by atoms with Crippen LogP contribution in [0, 0.1) is 58.5 Å². The Hall–Kier alpha value is -18.4. The molecule has 4 aromatic heterocycles. The summed E-state index contributed by atoms with van der Waals surface area (Å²) in [5, 5.41) is 44.6. The minimum atomic E-state index is -0.301. The standard InChI is InChI=1S/C48H34N2.C44H32N2.C18N12.BHNP/c1-3-11-35(12-4-1)37-19-27-41(28-20-37)49(42-29-21-38(22-30-42)36-13-5-2-6-14-36)43-31-23-39(24-32-43)40-25-33-44(34-26-40)50-47-17-9-7-15-45(47)46-16-8-10-18-48(46)50;1-3-17-37(18-4-1)45(43-23-11-15-35-13-7-9-21-41(35)43)39-29-25-33(26-30-39)34-27-31-40(32-28-34)46(38-19-5-2-6-20-38)44-24-12-16-36-14-8-10-22-42(36)44;1-23-17-18(24-2)30-16-14-12(26-8(4-20)10(6-22)28-14)11-13(15(16)29-17)27-9(5-21)7(3-19)25-11;1-2-3/h1-34H;1-32H;;3H. The van der Waals surface area contributed by atoms with Crippen molar-refractivity contribution < 1.29 is 0 Å². The maximum absolute atomic E-state index is 9.29. The van der Waals surface area contributed by atoms with Gasteiger partial charge in [-0.25, -0.2) is 19.9 Å². The molecule has 17 aromatic carbocycles. The number of fused-ring (bicyclic) bond motifs is 11. The highest BCUT2D eigenvalue weighted by Crippen LogP contribution is 2.45. The SMILES string of the molecule is [B]N=P.[C-]#[N+]c1nc2c3nc(C#N)c(C#N)nc3c3nc(C#N)c(C#N)nc3c2nc1[N+]#[C-].c1ccc(-c2ccc(N(c3ccc(-c4ccccc4)cc3)c3ccc(-c4ccc(-n5c6ccccc6c6ccccc65)cc4)cc3)cc2)cc1.c1ccc(N(c2ccc(-c3ccc(N(c4ccccc4)c4cccc5ccccc45)cc3)cc2)c2cccc3ccccc23)cc1. The average molecular weight is 1670 g/mol. The van der Waals surface area contributed by atoms with Crippen molar-refractivity contribution in [2.75, 3.05) is 14.7 Å². The van der Waals surface area contributed by atoms with Gasteiger partial charge in [0.15, 0.2) is 22.8 Å². The Labute approximate surface area is 746 Å². The molecule has 0 aliphatic rings. The lowest BCUT2D eigenvalue weighted by molar-refractivity contribution is 1.17. The van der Waals surface area contributed by atoms with Crippen LogP contribution in [0.2, 0.25) is 0 Å². The van der Waals surface area contributed by atoms with Gasteiger partial charge in [0.2, 0.25) is 11.0 Å². The van der Waals surface area contributed by atoms with E-state index in [1.165, 1.54) is 87.9 Å². The molecular weight excluding hydrogens is 1600 g/mol. The minimum absolute atomic E-state index is 0.00714. The van der Waals surface area contributed by atoms with Gasteiger partial charge in [-0.1, -0.05) is 292 Å². The van der Waals surface area contributed by atoms with Gasteiger partial charge in [0.25, 0.3) is 19.6 Å². The molecule has 0 fully saturated rings. The zero-order valence-corrected chi connectivity index (χ0v) is 69.8. The number of benzene rings is 17. The second-order valence-electron chi connectivity index (χ2n) is 29.7. The lowest BCUT2D eigenvalue weighted by Crippen LogP contribution is -2.10. The lowest BCUT2D eigenvalue weighted by Gasteiger charge is -2.27. The molecule has 4 heterocycles. The third-order valence-corrected chi connectivity index (χ3v) is 22.2. The first-order valence-corrected chi connectivity index (χ1v) is 41.5. The molecule has 129 heavy (non-hydrogen) atoms.